The zero-order valence-corrected chi connectivity index (χ0v) is 13.3. The van der Waals surface area contributed by atoms with Gasteiger partial charge in [-0.1, -0.05) is 30.1 Å². The summed E-state index contributed by atoms with van der Waals surface area (Å²) < 4.78 is 2.37. The molecule has 0 radical (unpaired) electrons. The van der Waals surface area contributed by atoms with Gasteiger partial charge in [-0.15, -0.1) is 0 Å². The number of aryl methyl sites for hydroxylation is 1. The number of carbonyl (C=O) groups is 1. The van der Waals surface area contributed by atoms with Crippen molar-refractivity contribution < 1.29 is 4.79 Å². The summed E-state index contributed by atoms with van der Waals surface area (Å²) in [6.45, 7) is 2.72. The number of hydrogen-bond acceptors (Lipinski definition) is 2. The molecule has 0 saturated heterocycles. The van der Waals surface area contributed by atoms with Gasteiger partial charge in [-0.05, 0) is 40.5 Å². The van der Waals surface area contributed by atoms with Crippen LogP contribution in [0.5, 0.6) is 0 Å². The first-order valence-corrected chi connectivity index (χ1v) is 7.30. The molecule has 0 spiro atoms. The number of rotatable bonds is 4. The van der Waals surface area contributed by atoms with E-state index in [1.54, 1.807) is 29.1 Å². The Morgan fingerprint density at radius 2 is 2.11 bits per heavy atom. The van der Waals surface area contributed by atoms with Crippen LogP contribution >= 0.6 is 39.1 Å². The Kier molecular flexibility index (Phi) is 4.66. The Hall–Kier alpha value is -0.840. The molecule has 2 aromatic rings. The van der Waals surface area contributed by atoms with Gasteiger partial charge in [0.25, 0.3) is 0 Å². The molecular formula is C13H11BrCl2N2O. The van der Waals surface area contributed by atoms with E-state index in [1.165, 1.54) is 0 Å². The van der Waals surface area contributed by atoms with E-state index in [1.807, 2.05) is 6.92 Å². The van der Waals surface area contributed by atoms with Crippen molar-refractivity contribution in [1.29, 1.82) is 0 Å². The minimum Gasteiger partial charge on any atom is -0.287 e. The van der Waals surface area contributed by atoms with Gasteiger partial charge in [-0.2, -0.15) is 5.10 Å². The van der Waals surface area contributed by atoms with Gasteiger partial charge < -0.3 is 0 Å². The number of hydrogen-bond donors (Lipinski definition) is 0. The summed E-state index contributed by atoms with van der Waals surface area (Å²) in [5.41, 5.74) is 1.02. The fourth-order valence-electron chi connectivity index (χ4n) is 1.74. The SMILES string of the molecule is CCCn1ncc(Br)c1C(=O)c1ccc(Cl)c(Cl)c1. The normalized spacial score (nSPS) is 10.7. The van der Waals surface area contributed by atoms with E-state index >= 15 is 0 Å². The van der Waals surface area contributed by atoms with Crippen molar-refractivity contribution in [1.82, 2.24) is 9.78 Å². The average Bonchev–Trinajstić information content (AvgIpc) is 2.74. The van der Waals surface area contributed by atoms with Gasteiger partial charge >= 0.3 is 0 Å². The summed E-state index contributed by atoms with van der Waals surface area (Å²) in [6.07, 6.45) is 2.52. The van der Waals surface area contributed by atoms with Crippen molar-refractivity contribution >= 4 is 44.9 Å². The Balaban J connectivity index is 2.43. The molecule has 0 saturated carbocycles. The standard InChI is InChI=1S/C13H11BrCl2N2O/c1-2-5-18-12(9(14)7-17-18)13(19)8-3-4-10(15)11(16)6-8/h3-4,6-7H,2,5H2,1H3. The molecule has 100 valence electrons. The van der Waals surface area contributed by atoms with Crippen molar-refractivity contribution in [3.63, 3.8) is 0 Å². The van der Waals surface area contributed by atoms with Gasteiger partial charge in [-0.3, -0.25) is 9.48 Å². The number of benzene rings is 1. The molecule has 0 atom stereocenters. The van der Waals surface area contributed by atoms with Crippen LogP contribution in [0.25, 0.3) is 0 Å². The van der Waals surface area contributed by atoms with Gasteiger partial charge in [-0.25, -0.2) is 0 Å². The summed E-state index contributed by atoms with van der Waals surface area (Å²) in [4.78, 5) is 12.5. The first kappa shape index (κ1) is 14.6. The molecular weight excluding hydrogens is 351 g/mol. The summed E-state index contributed by atoms with van der Waals surface area (Å²) in [5.74, 6) is -0.128. The van der Waals surface area contributed by atoms with Crippen LogP contribution in [-0.4, -0.2) is 15.6 Å². The lowest BCUT2D eigenvalue weighted by Crippen LogP contribution is -2.12. The molecule has 1 aromatic carbocycles. The van der Waals surface area contributed by atoms with Crippen molar-refractivity contribution in [3.05, 3.63) is 50.2 Å². The summed E-state index contributed by atoms with van der Waals surface area (Å²) in [6, 6.07) is 4.85. The number of nitrogens with zero attached hydrogens (tertiary/aromatic N) is 2. The molecule has 0 bridgehead atoms. The average molecular weight is 362 g/mol. The molecule has 6 heteroatoms. The van der Waals surface area contributed by atoms with Gasteiger partial charge in [0.05, 0.1) is 20.7 Å². The lowest BCUT2D eigenvalue weighted by Gasteiger charge is -2.07. The van der Waals surface area contributed by atoms with Gasteiger partial charge in [0.1, 0.15) is 5.69 Å². The minimum absolute atomic E-state index is 0.128. The molecule has 0 fully saturated rings. The molecule has 3 nitrogen and oxygen atoms in total. The maximum Gasteiger partial charge on any atom is 0.212 e. The number of ketones is 1. The first-order valence-electron chi connectivity index (χ1n) is 5.75. The molecule has 0 aliphatic carbocycles. The highest BCUT2D eigenvalue weighted by Crippen LogP contribution is 2.26. The van der Waals surface area contributed by atoms with Crippen LogP contribution in [0.4, 0.5) is 0 Å². The first-order chi connectivity index (χ1) is 9.04. The monoisotopic (exact) mass is 360 g/mol. The third kappa shape index (κ3) is 3.02. The third-order valence-corrected chi connectivity index (χ3v) is 3.95. The topological polar surface area (TPSA) is 34.9 Å². The highest BCUT2D eigenvalue weighted by molar-refractivity contribution is 9.10. The molecule has 1 aromatic heterocycles. The van der Waals surface area contributed by atoms with Crippen LogP contribution in [0.1, 0.15) is 29.4 Å². The number of halogens is 3. The van der Waals surface area contributed by atoms with Crippen LogP contribution in [0.15, 0.2) is 28.9 Å². The van der Waals surface area contributed by atoms with E-state index in [2.05, 4.69) is 21.0 Å². The van der Waals surface area contributed by atoms with E-state index in [0.717, 1.165) is 6.42 Å². The molecule has 0 aliphatic rings. The highest BCUT2D eigenvalue weighted by atomic mass is 79.9. The van der Waals surface area contributed by atoms with E-state index in [0.29, 0.717) is 32.3 Å². The lowest BCUT2D eigenvalue weighted by molar-refractivity contribution is 0.102. The maximum absolute atomic E-state index is 12.5. The number of aromatic nitrogens is 2. The van der Waals surface area contributed by atoms with Gasteiger partial charge in [0, 0.05) is 12.1 Å². The lowest BCUT2D eigenvalue weighted by atomic mass is 10.1. The second kappa shape index (κ2) is 6.07. The van der Waals surface area contributed by atoms with E-state index in [-0.39, 0.29) is 5.78 Å². The van der Waals surface area contributed by atoms with Crippen molar-refractivity contribution in [2.75, 3.05) is 0 Å². The zero-order chi connectivity index (χ0) is 14.0. The Morgan fingerprint density at radius 3 is 2.74 bits per heavy atom. The maximum atomic E-state index is 12.5. The fourth-order valence-corrected chi connectivity index (χ4v) is 2.52. The second-order valence-corrected chi connectivity index (χ2v) is 5.69. The van der Waals surface area contributed by atoms with Gasteiger partial charge in [0.2, 0.25) is 5.78 Å². The van der Waals surface area contributed by atoms with Gasteiger partial charge in [0.15, 0.2) is 0 Å². The van der Waals surface area contributed by atoms with Crippen LogP contribution < -0.4 is 0 Å². The van der Waals surface area contributed by atoms with E-state index in [9.17, 15) is 4.79 Å². The number of carbonyl (C=O) groups excluding carboxylic acids is 1. The predicted octanol–water partition coefficient (Wildman–Crippen LogP) is 4.59. The molecule has 1 heterocycles. The Bertz CT molecular complexity index is 625. The molecule has 0 aliphatic heterocycles. The highest BCUT2D eigenvalue weighted by Gasteiger charge is 2.19. The van der Waals surface area contributed by atoms with Crippen LogP contribution in [-0.2, 0) is 6.54 Å². The molecule has 0 amide bonds. The smallest absolute Gasteiger partial charge is 0.212 e. The summed E-state index contributed by atoms with van der Waals surface area (Å²) >= 11 is 15.1. The summed E-state index contributed by atoms with van der Waals surface area (Å²) in [7, 11) is 0. The zero-order valence-electron chi connectivity index (χ0n) is 10.2. The van der Waals surface area contributed by atoms with Crippen LogP contribution in [0.2, 0.25) is 10.0 Å². The van der Waals surface area contributed by atoms with E-state index < -0.39 is 0 Å². The van der Waals surface area contributed by atoms with Crippen molar-refractivity contribution in [2.45, 2.75) is 19.9 Å². The third-order valence-electron chi connectivity index (χ3n) is 2.63. The molecule has 0 N–H and O–H groups in total. The predicted molar refractivity (Wildman–Crippen MR) is 80.1 cm³/mol. The Labute approximate surface area is 129 Å². The van der Waals surface area contributed by atoms with Crippen molar-refractivity contribution in [3.8, 4) is 0 Å². The molecule has 2 rings (SSSR count). The van der Waals surface area contributed by atoms with Crippen LogP contribution in [0, 0.1) is 0 Å². The molecule has 19 heavy (non-hydrogen) atoms. The minimum atomic E-state index is -0.128. The summed E-state index contributed by atoms with van der Waals surface area (Å²) in [5, 5.41) is 4.98. The molecule has 0 unspecified atom stereocenters. The quantitative estimate of drug-likeness (QED) is 0.746. The second-order valence-electron chi connectivity index (χ2n) is 4.02. The fraction of sp³-hybridized carbons (Fsp3) is 0.231. The largest absolute Gasteiger partial charge is 0.287 e. The Morgan fingerprint density at radius 1 is 1.37 bits per heavy atom. The van der Waals surface area contributed by atoms with Crippen molar-refractivity contribution in [2.24, 2.45) is 0 Å². The van der Waals surface area contributed by atoms with E-state index in [4.69, 9.17) is 23.2 Å². The van der Waals surface area contributed by atoms with Crippen LogP contribution in [0.3, 0.4) is 0 Å².